The number of unbranched alkanes of at least 4 members (excludes halogenated alkanes) is 1. The van der Waals surface area contributed by atoms with Gasteiger partial charge in [0.15, 0.2) is 0 Å². The maximum atomic E-state index is 2.41. The van der Waals surface area contributed by atoms with Crippen molar-refractivity contribution in [1.82, 2.24) is 0 Å². The fourth-order valence-corrected chi connectivity index (χ4v) is 3.57. The molecule has 1 rings (SSSR count). The molecule has 0 aromatic heterocycles. The molecule has 0 nitrogen and oxygen atoms in total. The Morgan fingerprint density at radius 1 is 1.20 bits per heavy atom. The second kappa shape index (κ2) is 3.34. The molecule has 0 unspecified atom stereocenters. The Kier molecular flexibility index (Phi) is 2.68. The largest absolute Gasteiger partial charge is 0.0877 e. The van der Waals surface area contributed by atoms with E-state index >= 15 is 0 Å². The minimum atomic E-state index is -0.698. The average molecular weight is 155 g/mol. The van der Waals surface area contributed by atoms with E-state index < -0.39 is 7.26 Å². The topological polar surface area (TPSA) is 0 Å². The van der Waals surface area contributed by atoms with Crippen molar-refractivity contribution in [1.29, 1.82) is 0 Å². The third kappa shape index (κ3) is 1.95. The quantitative estimate of drug-likeness (QED) is 0.547. The van der Waals surface area contributed by atoms with E-state index in [1.165, 1.54) is 19.0 Å². The van der Waals surface area contributed by atoms with Crippen molar-refractivity contribution in [3.63, 3.8) is 0 Å². The van der Waals surface area contributed by atoms with Crippen LogP contribution in [0.4, 0.5) is 0 Å². The molecular formula is C9H16P. The van der Waals surface area contributed by atoms with E-state index in [0.717, 1.165) is 0 Å². The van der Waals surface area contributed by atoms with Crippen molar-refractivity contribution in [2.75, 3.05) is 12.8 Å². The lowest BCUT2D eigenvalue weighted by Crippen LogP contribution is -1.87. The smallest absolute Gasteiger partial charge is 0.0297 e. The molecule has 0 atom stereocenters. The van der Waals surface area contributed by atoms with Gasteiger partial charge in [0.2, 0.25) is 0 Å². The normalized spacial score (nSPS) is 20.2. The highest BCUT2D eigenvalue weighted by Gasteiger charge is 2.14. The van der Waals surface area contributed by atoms with Gasteiger partial charge in [0, 0.05) is 0 Å². The Hall–Kier alpha value is -0.0900. The third-order valence-corrected chi connectivity index (χ3v) is 4.94. The van der Waals surface area contributed by atoms with Gasteiger partial charge in [0.05, 0.1) is 0 Å². The third-order valence-electron chi connectivity index (χ3n) is 1.96. The fourth-order valence-electron chi connectivity index (χ4n) is 1.19. The minimum absolute atomic E-state index is 0.698. The highest BCUT2D eigenvalue weighted by atomic mass is 31.2. The zero-order chi connectivity index (χ0) is 7.45. The molecule has 1 heteroatoms. The van der Waals surface area contributed by atoms with E-state index in [-0.39, 0.29) is 0 Å². The van der Waals surface area contributed by atoms with Crippen LogP contribution in [0.15, 0.2) is 23.8 Å². The van der Waals surface area contributed by atoms with Crippen LogP contribution in [0.1, 0.15) is 19.8 Å². The van der Waals surface area contributed by atoms with E-state index in [1.807, 2.05) is 0 Å². The van der Waals surface area contributed by atoms with Gasteiger partial charge in [-0.3, -0.25) is 0 Å². The van der Waals surface area contributed by atoms with Crippen LogP contribution < -0.4 is 0 Å². The van der Waals surface area contributed by atoms with Crippen molar-refractivity contribution in [3.8, 4) is 0 Å². The van der Waals surface area contributed by atoms with Gasteiger partial charge in [-0.2, -0.15) is 0 Å². The van der Waals surface area contributed by atoms with Crippen LogP contribution in [0.25, 0.3) is 0 Å². The summed E-state index contributed by atoms with van der Waals surface area (Å²) in [6, 6.07) is 0. The van der Waals surface area contributed by atoms with Crippen LogP contribution >= 0.6 is 7.26 Å². The summed E-state index contributed by atoms with van der Waals surface area (Å²) < 4.78 is 0. The maximum absolute atomic E-state index is 2.41. The van der Waals surface area contributed by atoms with Crippen molar-refractivity contribution < 1.29 is 0 Å². The first-order valence-electron chi connectivity index (χ1n) is 3.99. The van der Waals surface area contributed by atoms with Gasteiger partial charge in [-0.1, -0.05) is 44.4 Å². The molecule has 10 heavy (non-hydrogen) atoms. The van der Waals surface area contributed by atoms with E-state index in [0.29, 0.717) is 0 Å². The summed E-state index contributed by atoms with van der Waals surface area (Å²) in [4.78, 5) is 0. The zero-order valence-electron chi connectivity index (χ0n) is 6.88. The highest BCUT2D eigenvalue weighted by Crippen LogP contribution is 2.61. The molecule has 1 radical (unpaired) electrons. The summed E-state index contributed by atoms with van der Waals surface area (Å²) >= 11 is 0. The minimum Gasteiger partial charge on any atom is -0.0877 e. The Morgan fingerprint density at radius 3 is 2.30 bits per heavy atom. The second-order valence-corrected chi connectivity index (χ2v) is 6.84. The lowest BCUT2D eigenvalue weighted by Gasteiger charge is -2.21. The first-order chi connectivity index (χ1) is 4.77. The summed E-state index contributed by atoms with van der Waals surface area (Å²) in [5.41, 5.74) is 0. The molecule has 1 heterocycles. The maximum Gasteiger partial charge on any atom is -0.0297 e. The van der Waals surface area contributed by atoms with Gasteiger partial charge in [0.1, 0.15) is 0 Å². The lowest BCUT2D eigenvalue weighted by atomic mass is 10.4. The molecule has 0 bridgehead atoms. The van der Waals surface area contributed by atoms with Gasteiger partial charge in [0.25, 0.3) is 0 Å². The molecule has 57 valence electrons. The molecule has 0 saturated carbocycles. The van der Waals surface area contributed by atoms with Crippen molar-refractivity contribution in [2.45, 2.75) is 19.8 Å². The predicted octanol–water partition coefficient (Wildman–Crippen LogP) is 3.47. The van der Waals surface area contributed by atoms with Gasteiger partial charge < -0.3 is 0 Å². The predicted molar refractivity (Wildman–Crippen MR) is 50.9 cm³/mol. The molecule has 0 aliphatic carbocycles. The molecule has 0 saturated heterocycles. The molecule has 0 aromatic carbocycles. The summed E-state index contributed by atoms with van der Waals surface area (Å²) in [5.74, 6) is 4.81. The van der Waals surface area contributed by atoms with Crippen LogP contribution in [-0.2, 0) is 0 Å². The van der Waals surface area contributed by atoms with E-state index in [4.69, 9.17) is 0 Å². The SMILES string of the molecule is CCCC[P]1(C)C=CC=C1. The number of allylic oxidation sites excluding steroid dienone is 2. The molecule has 0 aromatic rings. The number of hydrogen-bond donors (Lipinski definition) is 0. The number of hydrogen-bond acceptors (Lipinski definition) is 0. The van der Waals surface area contributed by atoms with Crippen LogP contribution in [0.3, 0.4) is 0 Å². The molecule has 1 aliphatic rings. The standard InChI is InChI=1S/C9H16P/c1-3-4-7-10(2)8-5-6-9-10/h5-6,8-9H,3-4,7H2,1-2H3. The van der Waals surface area contributed by atoms with Crippen LogP contribution in [0.2, 0.25) is 0 Å². The van der Waals surface area contributed by atoms with E-state index in [1.54, 1.807) is 0 Å². The second-order valence-electron chi connectivity index (χ2n) is 3.11. The lowest BCUT2D eigenvalue weighted by molar-refractivity contribution is 0.891. The first-order valence-corrected chi connectivity index (χ1v) is 6.55. The van der Waals surface area contributed by atoms with Crippen molar-refractivity contribution >= 4 is 7.26 Å². The molecule has 0 amide bonds. The first kappa shape index (κ1) is 8.01. The molecule has 1 aliphatic heterocycles. The Balaban J connectivity index is 2.38. The van der Waals surface area contributed by atoms with Crippen molar-refractivity contribution in [2.24, 2.45) is 0 Å². The van der Waals surface area contributed by atoms with Crippen LogP contribution in [0.5, 0.6) is 0 Å². The molecule has 0 N–H and O–H groups in total. The molecule has 0 spiro atoms. The van der Waals surface area contributed by atoms with E-state index in [9.17, 15) is 0 Å². The van der Waals surface area contributed by atoms with Crippen LogP contribution in [0, 0.1) is 0 Å². The van der Waals surface area contributed by atoms with Gasteiger partial charge in [-0.15, -0.1) is 0 Å². The average Bonchev–Trinajstić information content (AvgIpc) is 2.33. The summed E-state index contributed by atoms with van der Waals surface area (Å²) in [6.45, 7) is 4.66. The highest BCUT2D eigenvalue weighted by molar-refractivity contribution is 7.81. The van der Waals surface area contributed by atoms with Gasteiger partial charge in [-0.25, -0.2) is 0 Å². The summed E-state index contributed by atoms with van der Waals surface area (Å²) in [6.07, 6.45) is 8.53. The summed E-state index contributed by atoms with van der Waals surface area (Å²) in [7, 11) is -0.698. The molecular weight excluding hydrogens is 139 g/mol. The van der Waals surface area contributed by atoms with Gasteiger partial charge >= 0.3 is 0 Å². The monoisotopic (exact) mass is 155 g/mol. The Bertz CT molecular complexity index is 144. The number of rotatable bonds is 3. The van der Waals surface area contributed by atoms with E-state index in [2.05, 4.69) is 37.4 Å². The Labute approximate surface area is 64.4 Å². The summed E-state index contributed by atoms with van der Waals surface area (Å²) in [5, 5.41) is 0. The van der Waals surface area contributed by atoms with Gasteiger partial charge in [-0.05, 0) is 19.2 Å². The fraction of sp³-hybridized carbons (Fsp3) is 0.556. The zero-order valence-corrected chi connectivity index (χ0v) is 7.77. The van der Waals surface area contributed by atoms with Crippen molar-refractivity contribution in [3.05, 3.63) is 23.8 Å². The van der Waals surface area contributed by atoms with Crippen LogP contribution in [-0.4, -0.2) is 12.8 Å². The Morgan fingerprint density at radius 2 is 1.80 bits per heavy atom. The molecule has 0 fully saturated rings.